The molecule has 1 unspecified atom stereocenters. The molecule has 0 radical (unpaired) electrons. The van der Waals surface area contributed by atoms with Crippen molar-refractivity contribution in [2.75, 3.05) is 0 Å². The lowest BCUT2D eigenvalue weighted by Gasteiger charge is -2.02. The number of nitrogens with one attached hydrogen (secondary N) is 1. The van der Waals surface area contributed by atoms with Crippen molar-refractivity contribution in [1.29, 1.82) is 0 Å². The van der Waals surface area contributed by atoms with Crippen molar-refractivity contribution >= 4 is 32.6 Å². The van der Waals surface area contributed by atoms with Crippen molar-refractivity contribution < 1.29 is 4.79 Å². The van der Waals surface area contributed by atoms with E-state index in [1.54, 1.807) is 0 Å². The molecule has 1 aliphatic rings. The Kier molecular flexibility index (Phi) is 2.24. The molecule has 1 N–H and O–H groups in total. The van der Waals surface area contributed by atoms with Gasteiger partial charge in [0.15, 0.2) is 5.78 Å². The molecule has 0 bridgehead atoms. The first kappa shape index (κ1) is 11.0. The molecule has 0 amide bonds. The van der Waals surface area contributed by atoms with E-state index < -0.39 is 0 Å². The number of benzene rings is 1. The molecule has 2 nitrogen and oxygen atoms in total. The van der Waals surface area contributed by atoms with Gasteiger partial charge in [-0.2, -0.15) is 0 Å². The number of ketones is 1. The lowest BCUT2D eigenvalue weighted by atomic mass is 10.0. The first-order chi connectivity index (χ1) is 8.00. The van der Waals surface area contributed by atoms with Crippen LogP contribution in [0.15, 0.2) is 28.9 Å². The largest absolute Gasteiger partial charge is 0.360 e. The fourth-order valence-electron chi connectivity index (χ4n) is 2.44. The van der Waals surface area contributed by atoms with Gasteiger partial charge in [0.2, 0.25) is 0 Å². The number of hydrogen-bond acceptors (Lipinski definition) is 1. The zero-order valence-electron chi connectivity index (χ0n) is 9.88. The predicted molar refractivity (Wildman–Crippen MR) is 72.2 cm³/mol. The molecule has 1 aromatic carbocycles. The summed E-state index contributed by atoms with van der Waals surface area (Å²) < 4.78 is 0.984. The van der Waals surface area contributed by atoms with Crippen molar-refractivity contribution in [3.05, 3.63) is 34.4 Å². The van der Waals surface area contributed by atoms with Gasteiger partial charge in [-0.25, -0.2) is 0 Å². The highest BCUT2D eigenvalue weighted by molar-refractivity contribution is 9.10. The van der Waals surface area contributed by atoms with E-state index in [1.165, 1.54) is 0 Å². The second-order valence-electron chi connectivity index (χ2n) is 5.47. The molecule has 88 valence electrons. The van der Waals surface area contributed by atoms with Gasteiger partial charge in [-0.15, -0.1) is 0 Å². The number of aromatic nitrogens is 1. The average molecular weight is 292 g/mol. The van der Waals surface area contributed by atoms with Crippen LogP contribution >= 0.6 is 15.9 Å². The van der Waals surface area contributed by atoms with E-state index in [-0.39, 0.29) is 17.1 Å². The normalized spacial score (nSPS) is 21.7. The second-order valence-corrected chi connectivity index (χ2v) is 6.33. The topological polar surface area (TPSA) is 32.9 Å². The van der Waals surface area contributed by atoms with Gasteiger partial charge in [0.05, 0.1) is 0 Å². The number of carbonyl (C=O) groups excluding carboxylic acids is 1. The summed E-state index contributed by atoms with van der Waals surface area (Å²) in [5.41, 5.74) is 2.02. The Morgan fingerprint density at radius 2 is 2.18 bits per heavy atom. The third-order valence-corrected chi connectivity index (χ3v) is 4.41. The average Bonchev–Trinajstić information content (AvgIpc) is 2.75. The molecule has 3 heteroatoms. The van der Waals surface area contributed by atoms with E-state index in [0.29, 0.717) is 0 Å². The van der Waals surface area contributed by atoms with Crippen LogP contribution in [-0.4, -0.2) is 10.8 Å². The van der Waals surface area contributed by atoms with Crippen LogP contribution in [0.4, 0.5) is 0 Å². The lowest BCUT2D eigenvalue weighted by molar-refractivity contribution is 0.0955. The summed E-state index contributed by atoms with van der Waals surface area (Å²) in [6, 6.07) is 5.94. The first-order valence-electron chi connectivity index (χ1n) is 5.80. The van der Waals surface area contributed by atoms with Crippen molar-refractivity contribution in [2.24, 2.45) is 11.3 Å². The van der Waals surface area contributed by atoms with Crippen LogP contribution in [-0.2, 0) is 0 Å². The zero-order chi connectivity index (χ0) is 12.2. The Labute approximate surface area is 109 Å². The molecule has 3 rings (SSSR count). The Morgan fingerprint density at radius 3 is 2.82 bits per heavy atom. The third kappa shape index (κ3) is 1.64. The van der Waals surface area contributed by atoms with Crippen molar-refractivity contribution in [2.45, 2.75) is 20.3 Å². The molecule has 1 fully saturated rings. The summed E-state index contributed by atoms with van der Waals surface area (Å²) in [5.74, 6) is 0.460. The van der Waals surface area contributed by atoms with Crippen LogP contribution in [0.2, 0.25) is 0 Å². The number of aromatic amines is 1. The zero-order valence-corrected chi connectivity index (χ0v) is 11.5. The van der Waals surface area contributed by atoms with Gasteiger partial charge in [-0.1, -0.05) is 35.8 Å². The number of rotatable bonds is 2. The number of H-pyrrole nitrogens is 1. The SMILES string of the molecule is CC1(C)CC1C(=O)c1c[nH]c2cccc(Br)c12. The van der Waals surface area contributed by atoms with Crippen LogP contribution in [0.25, 0.3) is 10.9 Å². The number of hydrogen-bond donors (Lipinski definition) is 1. The Balaban J connectivity index is 2.10. The summed E-state index contributed by atoms with van der Waals surface area (Å²) in [6.07, 6.45) is 2.84. The molecular formula is C14H14BrNO. The lowest BCUT2D eigenvalue weighted by Crippen LogP contribution is -2.05. The monoisotopic (exact) mass is 291 g/mol. The highest BCUT2D eigenvalue weighted by atomic mass is 79.9. The minimum absolute atomic E-state index is 0.182. The van der Waals surface area contributed by atoms with Crippen LogP contribution in [0.5, 0.6) is 0 Å². The Morgan fingerprint density at radius 1 is 1.47 bits per heavy atom. The van der Waals surface area contributed by atoms with Crippen LogP contribution in [0.3, 0.4) is 0 Å². The van der Waals surface area contributed by atoms with E-state index in [0.717, 1.165) is 27.4 Å². The summed E-state index contributed by atoms with van der Waals surface area (Å²) >= 11 is 3.52. The number of halogens is 1. The smallest absolute Gasteiger partial charge is 0.168 e. The molecule has 2 aromatic rings. The summed E-state index contributed by atoms with van der Waals surface area (Å²) in [6.45, 7) is 4.30. The van der Waals surface area contributed by atoms with Crippen molar-refractivity contribution in [3.8, 4) is 0 Å². The Hall–Kier alpha value is -1.09. The molecule has 17 heavy (non-hydrogen) atoms. The van der Waals surface area contributed by atoms with Gasteiger partial charge in [-0.05, 0) is 24.0 Å². The van der Waals surface area contributed by atoms with Gasteiger partial charge in [0.25, 0.3) is 0 Å². The molecule has 1 aromatic heterocycles. The van der Waals surface area contributed by atoms with Gasteiger partial charge < -0.3 is 4.98 Å². The summed E-state index contributed by atoms with van der Waals surface area (Å²) in [5, 5.41) is 1.01. The quantitative estimate of drug-likeness (QED) is 0.828. The van der Waals surface area contributed by atoms with Crippen molar-refractivity contribution in [3.63, 3.8) is 0 Å². The molecule has 0 saturated heterocycles. The van der Waals surface area contributed by atoms with E-state index in [2.05, 4.69) is 34.8 Å². The standard InChI is InChI=1S/C14H14BrNO/c1-14(2)6-9(14)13(17)8-7-16-11-5-3-4-10(15)12(8)11/h3-5,7,9,16H,6H2,1-2H3. The van der Waals surface area contributed by atoms with Crippen LogP contribution in [0, 0.1) is 11.3 Å². The maximum absolute atomic E-state index is 12.4. The van der Waals surface area contributed by atoms with Gasteiger partial charge in [-0.3, -0.25) is 4.79 Å². The minimum atomic E-state index is 0.182. The number of carbonyl (C=O) groups is 1. The van der Waals surface area contributed by atoms with Gasteiger partial charge in [0, 0.05) is 33.1 Å². The third-order valence-electron chi connectivity index (χ3n) is 3.75. The second kappa shape index (κ2) is 3.45. The van der Waals surface area contributed by atoms with Gasteiger partial charge in [0.1, 0.15) is 0 Å². The highest BCUT2D eigenvalue weighted by Gasteiger charge is 2.50. The molecule has 0 aliphatic heterocycles. The highest BCUT2D eigenvalue weighted by Crippen LogP contribution is 2.53. The maximum Gasteiger partial charge on any atom is 0.168 e. The van der Waals surface area contributed by atoms with E-state index in [1.807, 2.05) is 24.4 Å². The number of fused-ring (bicyclic) bond motifs is 1. The Bertz CT molecular complexity index is 612. The van der Waals surface area contributed by atoms with E-state index >= 15 is 0 Å². The molecule has 1 atom stereocenters. The molecule has 1 aliphatic carbocycles. The fourth-order valence-corrected chi connectivity index (χ4v) is 3.02. The number of Topliss-reactive ketones (excluding diaryl/α,β-unsaturated/α-hetero) is 1. The summed E-state index contributed by atoms with van der Waals surface area (Å²) in [4.78, 5) is 15.6. The molecule has 0 spiro atoms. The van der Waals surface area contributed by atoms with Gasteiger partial charge >= 0.3 is 0 Å². The van der Waals surface area contributed by atoms with Crippen molar-refractivity contribution in [1.82, 2.24) is 4.98 Å². The fraction of sp³-hybridized carbons (Fsp3) is 0.357. The maximum atomic E-state index is 12.4. The van der Waals surface area contributed by atoms with E-state index in [9.17, 15) is 4.79 Å². The van der Waals surface area contributed by atoms with Crippen LogP contribution < -0.4 is 0 Å². The van der Waals surface area contributed by atoms with Crippen LogP contribution in [0.1, 0.15) is 30.6 Å². The summed E-state index contributed by atoms with van der Waals surface area (Å²) in [7, 11) is 0. The molecular weight excluding hydrogens is 278 g/mol. The minimum Gasteiger partial charge on any atom is -0.360 e. The van der Waals surface area contributed by atoms with E-state index in [4.69, 9.17) is 0 Å². The molecule has 1 saturated carbocycles. The molecule has 1 heterocycles. The predicted octanol–water partition coefficient (Wildman–Crippen LogP) is 4.16. The first-order valence-corrected chi connectivity index (χ1v) is 6.60.